The second-order valence-corrected chi connectivity index (χ2v) is 4.83. The molecule has 0 unspecified atom stereocenters. The standard InChI is InChI=1S/C12H15ClN2O2/c1-12(4-7-17-8-5-12)15-11(16)9-3-2-6-14-10(9)13/h2-3,6H,4-5,7-8H2,1H3,(H,15,16). The van der Waals surface area contributed by atoms with Crippen molar-refractivity contribution >= 4 is 17.5 Å². The van der Waals surface area contributed by atoms with E-state index in [1.54, 1.807) is 18.3 Å². The van der Waals surface area contributed by atoms with Crippen LogP contribution in [0.2, 0.25) is 5.15 Å². The zero-order valence-electron chi connectivity index (χ0n) is 9.70. The van der Waals surface area contributed by atoms with Crippen molar-refractivity contribution in [3.05, 3.63) is 29.0 Å². The fourth-order valence-electron chi connectivity index (χ4n) is 1.84. The van der Waals surface area contributed by atoms with E-state index in [9.17, 15) is 4.79 Å². The molecule has 1 aromatic rings. The molecule has 0 aliphatic carbocycles. The van der Waals surface area contributed by atoms with E-state index in [0.717, 1.165) is 12.8 Å². The van der Waals surface area contributed by atoms with E-state index >= 15 is 0 Å². The van der Waals surface area contributed by atoms with Crippen LogP contribution in [0.25, 0.3) is 0 Å². The minimum atomic E-state index is -0.214. The molecule has 0 bridgehead atoms. The summed E-state index contributed by atoms with van der Waals surface area (Å²) in [5.41, 5.74) is 0.205. The van der Waals surface area contributed by atoms with E-state index in [2.05, 4.69) is 10.3 Å². The number of carbonyl (C=O) groups excluding carboxylic acids is 1. The predicted molar refractivity (Wildman–Crippen MR) is 65.2 cm³/mol. The molecule has 0 radical (unpaired) electrons. The van der Waals surface area contributed by atoms with Crippen LogP contribution in [0.5, 0.6) is 0 Å². The fraction of sp³-hybridized carbons (Fsp3) is 0.500. The number of hydrogen-bond donors (Lipinski definition) is 1. The summed E-state index contributed by atoms with van der Waals surface area (Å²) in [7, 11) is 0. The second-order valence-electron chi connectivity index (χ2n) is 4.47. The summed E-state index contributed by atoms with van der Waals surface area (Å²) in [4.78, 5) is 16.0. The Hall–Kier alpha value is -1.13. The molecule has 1 amide bonds. The molecule has 0 aromatic carbocycles. The lowest BCUT2D eigenvalue weighted by Gasteiger charge is -2.34. The van der Waals surface area contributed by atoms with Crippen LogP contribution < -0.4 is 5.32 Å². The van der Waals surface area contributed by atoms with Gasteiger partial charge in [-0.3, -0.25) is 4.79 Å². The number of aromatic nitrogens is 1. The lowest BCUT2D eigenvalue weighted by Crippen LogP contribution is -2.49. The summed E-state index contributed by atoms with van der Waals surface area (Å²) >= 11 is 5.89. The van der Waals surface area contributed by atoms with E-state index < -0.39 is 0 Å². The monoisotopic (exact) mass is 254 g/mol. The van der Waals surface area contributed by atoms with E-state index in [-0.39, 0.29) is 16.6 Å². The maximum absolute atomic E-state index is 12.1. The van der Waals surface area contributed by atoms with Gasteiger partial charge in [0.15, 0.2) is 0 Å². The molecule has 1 aromatic heterocycles. The molecule has 92 valence electrons. The molecule has 0 spiro atoms. The van der Waals surface area contributed by atoms with Crippen LogP contribution in [0.4, 0.5) is 0 Å². The minimum absolute atomic E-state index is 0.174. The number of rotatable bonds is 2. The van der Waals surface area contributed by atoms with Crippen LogP contribution in [0, 0.1) is 0 Å². The van der Waals surface area contributed by atoms with E-state index in [4.69, 9.17) is 16.3 Å². The van der Waals surface area contributed by atoms with Gasteiger partial charge in [0.2, 0.25) is 0 Å². The van der Waals surface area contributed by atoms with Crippen molar-refractivity contribution in [2.75, 3.05) is 13.2 Å². The number of nitrogens with zero attached hydrogens (tertiary/aromatic N) is 1. The van der Waals surface area contributed by atoms with Crippen LogP contribution in [0.1, 0.15) is 30.1 Å². The third-order valence-electron chi connectivity index (χ3n) is 3.02. The van der Waals surface area contributed by atoms with Gasteiger partial charge < -0.3 is 10.1 Å². The zero-order valence-corrected chi connectivity index (χ0v) is 10.5. The van der Waals surface area contributed by atoms with Gasteiger partial charge in [-0.2, -0.15) is 0 Å². The first-order chi connectivity index (χ1) is 8.11. The first kappa shape index (κ1) is 12.3. The van der Waals surface area contributed by atoms with Crippen molar-refractivity contribution in [2.45, 2.75) is 25.3 Å². The number of ether oxygens (including phenoxy) is 1. The van der Waals surface area contributed by atoms with Crippen LogP contribution in [0.15, 0.2) is 18.3 Å². The molecule has 0 atom stereocenters. The van der Waals surface area contributed by atoms with Gasteiger partial charge >= 0.3 is 0 Å². The van der Waals surface area contributed by atoms with Crippen molar-refractivity contribution in [1.29, 1.82) is 0 Å². The molecule has 1 N–H and O–H groups in total. The molecular weight excluding hydrogens is 240 g/mol. The molecule has 17 heavy (non-hydrogen) atoms. The smallest absolute Gasteiger partial charge is 0.254 e. The number of nitrogens with one attached hydrogen (secondary N) is 1. The largest absolute Gasteiger partial charge is 0.381 e. The first-order valence-electron chi connectivity index (χ1n) is 5.61. The Morgan fingerprint density at radius 1 is 1.53 bits per heavy atom. The number of pyridine rings is 1. The predicted octanol–water partition coefficient (Wildman–Crippen LogP) is 2.03. The summed E-state index contributed by atoms with van der Waals surface area (Å²) in [6.07, 6.45) is 3.20. The van der Waals surface area contributed by atoms with Crippen molar-refractivity contribution in [2.24, 2.45) is 0 Å². The molecule has 2 rings (SSSR count). The van der Waals surface area contributed by atoms with Gasteiger partial charge in [0.1, 0.15) is 5.15 Å². The molecule has 1 saturated heterocycles. The quantitative estimate of drug-likeness (QED) is 0.822. The molecule has 2 heterocycles. The summed E-state index contributed by atoms with van der Waals surface area (Å²) in [5.74, 6) is -0.174. The Balaban J connectivity index is 2.09. The number of carbonyl (C=O) groups is 1. The minimum Gasteiger partial charge on any atom is -0.381 e. The Morgan fingerprint density at radius 3 is 2.88 bits per heavy atom. The average molecular weight is 255 g/mol. The van der Waals surface area contributed by atoms with E-state index in [1.807, 2.05) is 6.92 Å². The molecule has 1 aliphatic rings. The molecular formula is C12H15ClN2O2. The van der Waals surface area contributed by atoms with Crippen molar-refractivity contribution < 1.29 is 9.53 Å². The van der Waals surface area contributed by atoms with Crippen LogP contribution in [-0.4, -0.2) is 29.6 Å². The van der Waals surface area contributed by atoms with Crippen LogP contribution >= 0.6 is 11.6 Å². The Bertz CT molecular complexity index is 417. The maximum Gasteiger partial charge on any atom is 0.254 e. The first-order valence-corrected chi connectivity index (χ1v) is 5.99. The summed E-state index contributed by atoms with van der Waals surface area (Å²) in [5, 5.41) is 3.25. The van der Waals surface area contributed by atoms with Crippen molar-refractivity contribution in [3.8, 4) is 0 Å². The maximum atomic E-state index is 12.1. The van der Waals surface area contributed by atoms with E-state index in [0.29, 0.717) is 18.8 Å². The molecule has 0 saturated carbocycles. The molecule has 4 nitrogen and oxygen atoms in total. The Kier molecular flexibility index (Phi) is 3.64. The fourth-order valence-corrected chi connectivity index (χ4v) is 2.05. The highest BCUT2D eigenvalue weighted by Gasteiger charge is 2.29. The van der Waals surface area contributed by atoms with E-state index in [1.165, 1.54) is 0 Å². The van der Waals surface area contributed by atoms with Crippen LogP contribution in [0.3, 0.4) is 0 Å². The normalized spacial score (nSPS) is 18.7. The third-order valence-corrected chi connectivity index (χ3v) is 3.32. The van der Waals surface area contributed by atoms with Crippen LogP contribution in [-0.2, 0) is 4.74 Å². The highest BCUT2D eigenvalue weighted by molar-refractivity contribution is 6.32. The van der Waals surface area contributed by atoms with Gasteiger partial charge in [-0.1, -0.05) is 11.6 Å². The molecule has 1 fully saturated rings. The SMILES string of the molecule is CC1(NC(=O)c2cccnc2Cl)CCOCC1. The van der Waals surface area contributed by atoms with Crippen molar-refractivity contribution in [3.63, 3.8) is 0 Å². The highest BCUT2D eigenvalue weighted by Crippen LogP contribution is 2.21. The third kappa shape index (κ3) is 2.96. The summed E-state index contributed by atoms with van der Waals surface area (Å²) in [6, 6.07) is 3.38. The molecule has 5 heteroatoms. The number of amides is 1. The van der Waals surface area contributed by atoms with Gasteiger partial charge in [-0.05, 0) is 31.9 Å². The lowest BCUT2D eigenvalue weighted by atomic mass is 9.92. The number of halogens is 1. The summed E-state index contributed by atoms with van der Waals surface area (Å²) in [6.45, 7) is 3.38. The summed E-state index contributed by atoms with van der Waals surface area (Å²) < 4.78 is 5.29. The highest BCUT2D eigenvalue weighted by atomic mass is 35.5. The lowest BCUT2D eigenvalue weighted by molar-refractivity contribution is 0.0423. The van der Waals surface area contributed by atoms with Gasteiger partial charge in [0.05, 0.1) is 5.56 Å². The topological polar surface area (TPSA) is 51.2 Å². The van der Waals surface area contributed by atoms with Crippen molar-refractivity contribution in [1.82, 2.24) is 10.3 Å². The molecule has 1 aliphatic heterocycles. The van der Waals surface area contributed by atoms with Gasteiger partial charge in [0.25, 0.3) is 5.91 Å². The Labute approximate surface area is 105 Å². The van der Waals surface area contributed by atoms with Gasteiger partial charge in [0, 0.05) is 24.9 Å². The number of hydrogen-bond acceptors (Lipinski definition) is 3. The van der Waals surface area contributed by atoms with Gasteiger partial charge in [-0.25, -0.2) is 4.98 Å². The second kappa shape index (κ2) is 5.02. The van der Waals surface area contributed by atoms with Gasteiger partial charge in [-0.15, -0.1) is 0 Å². The Morgan fingerprint density at radius 2 is 2.24 bits per heavy atom. The zero-order chi connectivity index (χ0) is 12.3. The average Bonchev–Trinajstić information content (AvgIpc) is 2.29.